The molecule has 0 saturated carbocycles. The van der Waals surface area contributed by atoms with Gasteiger partial charge in [0.2, 0.25) is 5.91 Å². The summed E-state index contributed by atoms with van der Waals surface area (Å²) in [5.74, 6) is 0.607. The zero-order valence-electron chi connectivity index (χ0n) is 15.2. The summed E-state index contributed by atoms with van der Waals surface area (Å²) in [5, 5.41) is 0. The topological polar surface area (TPSA) is 81.9 Å². The summed E-state index contributed by atoms with van der Waals surface area (Å²) in [6.45, 7) is 1.42. The summed E-state index contributed by atoms with van der Waals surface area (Å²) in [5.41, 5.74) is 6.39. The van der Waals surface area contributed by atoms with Crippen LogP contribution in [0.4, 0.5) is 0 Å². The number of likely N-dealkylation sites (tertiary alicyclic amines) is 1. The van der Waals surface area contributed by atoms with Crippen LogP contribution in [0.1, 0.15) is 18.4 Å². The molecule has 0 radical (unpaired) electrons. The van der Waals surface area contributed by atoms with Gasteiger partial charge in [-0.2, -0.15) is 0 Å². The lowest BCUT2D eigenvalue weighted by Gasteiger charge is -2.30. The van der Waals surface area contributed by atoms with E-state index in [2.05, 4.69) is 0 Å². The highest BCUT2D eigenvalue weighted by Gasteiger charge is 2.26. The van der Waals surface area contributed by atoms with E-state index in [0.717, 1.165) is 5.56 Å². The predicted molar refractivity (Wildman–Crippen MR) is 101 cm³/mol. The maximum Gasteiger partial charge on any atom is 0.260 e. The molecule has 0 aromatic heterocycles. The molecule has 1 aliphatic heterocycles. The largest absolute Gasteiger partial charge is 0.485 e. The summed E-state index contributed by atoms with van der Waals surface area (Å²) < 4.78 is 11.5. The van der Waals surface area contributed by atoms with Crippen LogP contribution < -0.4 is 15.2 Å². The first-order valence-corrected chi connectivity index (χ1v) is 9.09. The minimum absolute atomic E-state index is 0.0626. The van der Waals surface area contributed by atoms with Gasteiger partial charge in [-0.25, -0.2) is 0 Å². The van der Waals surface area contributed by atoms with E-state index in [0.29, 0.717) is 44.0 Å². The number of piperidine rings is 1. The highest BCUT2D eigenvalue weighted by molar-refractivity contribution is 5.79. The predicted octanol–water partition coefficient (Wildman–Crippen LogP) is 2.37. The van der Waals surface area contributed by atoms with Gasteiger partial charge in [-0.1, -0.05) is 42.5 Å². The minimum atomic E-state index is -0.289. The maximum atomic E-state index is 12.4. The van der Waals surface area contributed by atoms with E-state index in [9.17, 15) is 9.59 Å². The molecular formula is C21H24N2O4. The molecule has 6 nitrogen and oxygen atoms in total. The molecule has 2 aromatic carbocycles. The maximum absolute atomic E-state index is 12.4. The Bertz CT molecular complexity index is 771. The van der Waals surface area contributed by atoms with Crippen molar-refractivity contribution in [1.82, 2.24) is 4.90 Å². The van der Waals surface area contributed by atoms with Crippen LogP contribution in [0, 0.1) is 5.92 Å². The molecule has 3 rings (SSSR count). The van der Waals surface area contributed by atoms with Gasteiger partial charge in [0.05, 0.1) is 0 Å². The Labute approximate surface area is 158 Å². The van der Waals surface area contributed by atoms with Crippen molar-refractivity contribution < 1.29 is 19.1 Å². The lowest BCUT2D eigenvalue weighted by Crippen LogP contribution is -2.43. The highest BCUT2D eigenvalue weighted by Crippen LogP contribution is 2.27. The molecule has 2 N–H and O–H groups in total. The van der Waals surface area contributed by atoms with Gasteiger partial charge in [-0.3, -0.25) is 9.59 Å². The number of amides is 2. The summed E-state index contributed by atoms with van der Waals surface area (Å²) in [6.07, 6.45) is 1.22. The smallest absolute Gasteiger partial charge is 0.260 e. The van der Waals surface area contributed by atoms with Crippen molar-refractivity contribution in [2.24, 2.45) is 11.7 Å². The number of hydrogen-bond acceptors (Lipinski definition) is 4. The molecule has 0 atom stereocenters. The Morgan fingerprint density at radius 3 is 2.15 bits per heavy atom. The lowest BCUT2D eigenvalue weighted by atomic mass is 9.96. The summed E-state index contributed by atoms with van der Waals surface area (Å²) >= 11 is 0. The fourth-order valence-electron chi connectivity index (χ4n) is 3.07. The molecule has 1 fully saturated rings. The van der Waals surface area contributed by atoms with Gasteiger partial charge in [0, 0.05) is 19.0 Å². The van der Waals surface area contributed by atoms with Crippen LogP contribution in [-0.4, -0.2) is 36.4 Å². The first-order valence-electron chi connectivity index (χ1n) is 9.09. The molecule has 0 unspecified atom stereocenters. The van der Waals surface area contributed by atoms with Crippen molar-refractivity contribution in [3.05, 3.63) is 60.2 Å². The molecule has 0 aliphatic carbocycles. The number of primary amides is 1. The van der Waals surface area contributed by atoms with E-state index >= 15 is 0 Å². The molecule has 1 heterocycles. The molecule has 2 amide bonds. The number of benzene rings is 2. The van der Waals surface area contributed by atoms with Gasteiger partial charge in [-0.15, -0.1) is 0 Å². The third-order valence-corrected chi connectivity index (χ3v) is 4.69. The Kier molecular flexibility index (Phi) is 6.30. The highest BCUT2D eigenvalue weighted by atomic mass is 16.5. The van der Waals surface area contributed by atoms with Gasteiger partial charge in [0.25, 0.3) is 5.91 Å². The summed E-state index contributed by atoms with van der Waals surface area (Å²) in [6, 6.07) is 17.2. The fraction of sp³-hybridized carbons (Fsp3) is 0.333. The number of para-hydroxylation sites is 2. The van der Waals surface area contributed by atoms with Crippen LogP contribution in [0.3, 0.4) is 0 Å². The Morgan fingerprint density at radius 2 is 1.52 bits per heavy atom. The molecule has 1 saturated heterocycles. The van der Waals surface area contributed by atoms with Gasteiger partial charge < -0.3 is 20.1 Å². The quantitative estimate of drug-likeness (QED) is 0.813. The molecule has 6 heteroatoms. The van der Waals surface area contributed by atoms with Crippen LogP contribution in [-0.2, 0) is 16.2 Å². The van der Waals surface area contributed by atoms with Gasteiger partial charge in [-0.05, 0) is 30.5 Å². The van der Waals surface area contributed by atoms with Crippen molar-refractivity contribution in [2.45, 2.75) is 19.4 Å². The van der Waals surface area contributed by atoms with Gasteiger partial charge in [0.15, 0.2) is 18.1 Å². The summed E-state index contributed by atoms with van der Waals surface area (Å²) in [4.78, 5) is 25.3. The molecule has 1 aliphatic rings. The third kappa shape index (κ3) is 5.23. The van der Waals surface area contributed by atoms with Crippen LogP contribution in [0.25, 0.3) is 0 Å². The van der Waals surface area contributed by atoms with Crippen LogP contribution in [0.2, 0.25) is 0 Å². The van der Waals surface area contributed by atoms with Crippen molar-refractivity contribution in [2.75, 3.05) is 19.7 Å². The number of carbonyl (C=O) groups is 2. The second kappa shape index (κ2) is 9.07. The number of nitrogens with zero attached hydrogens (tertiary/aromatic N) is 1. The summed E-state index contributed by atoms with van der Waals surface area (Å²) in [7, 11) is 0. The first kappa shape index (κ1) is 18.8. The average Bonchev–Trinajstić information content (AvgIpc) is 2.72. The van der Waals surface area contributed by atoms with E-state index in [1.807, 2.05) is 48.5 Å². The Morgan fingerprint density at radius 1 is 0.926 bits per heavy atom. The lowest BCUT2D eigenvalue weighted by molar-refractivity contribution is -0.136. The Balaban J connectivity index is 1.52. The molecule has 0 spiro atoms. The van der Waals surface area contributed by atoms with Crippen molar-refractivity contribution in [3.8, 4) is 11.5 Å². The second-order valence-electron chi connectivity index (χ2n) is 6.57. The Hall–Kier alpha value is -3.02. The van der Waals surface area contributed by atoms with E-state index in [1.165, 1.54) is 0 Å². The zero-order chi connectivity index (χ0) is 19.1. The number of ether oxygens (including phenoxy) is 2. The molecule has 2 aromatic rings. The minimum Gasteiger partial charge on any atom is -0.485 e. The van der Waals surface area contributed by atoms with Crippen LogP contribution >= 0.6 is 0 Å². The van der Waals surface area contributed by atoms with E-state index < -0.39 is 0 Å². The number of carbonyl (C=O) groups excluding carboxylic acids is 2. The van der Waals surface area contributed by atoms with E-state index in [4.69, 9.17) is 15.2 Å². The van der Waals surface area contributed by atoms with Crippen LogP contribution in [0.5, 0.6) is 11.5 Å². The van der Waals surface area contributed by atoms with Gasteiger partial charge in [0.1, 0.15) is 6.61 Å². The standard InChI is InChI=1S/C21H24N2O4/c22-21(25)17-10-12-23(13-11-17)20(24)15-27-19-9-5-4-8-18(19)26-14-16-6-2-1-3-7-16/h1-9,17H,10-15H2,(H2,22,25). The molecule has 0 bridgehead atoms. The van der Waals surface area contributed by atoms with E-state index in [1.54, 1.807) is 11.0 Å². The normalized spacial score (nSPS) is 14.6. The SMILES string of the molecule is NC(=O)C1CCN(C(=O)COc2ccccc2OCc2ccccc2)CC1. The zero-order valence-corrected chi connectivity index (χ0v) is 15.2. The average molecular weight is 368 g/mol. The van der Waals surface area contributed by atoms with Crippen molar-refractivity contribution in [1.29, 1.82) is 0 Å². The third-order valence-electron chi connectivity index (χ3n) is 4.69. The van der Waals surface area contributed by atoms with Crippen LogP contribution in [0.15, 0.2) is 54.6 Å². The number of rotatable bonds is 7. The molecule has 27 heavy (non-hydrogen) atoms. The van der Waals surface area contributed by atoms with Crippen molar-refractivity contribution in [3.63, 3.8) is 0 Å². The number of hydrogen-bond donors (Lipinski definition) is 1. The molecular weight excluding hydrogens is 344 g/mol. The van der Waals surface area contributed by atoms with Crippen molar-refractivity contribution >= 4 is 11.8 Å². The monoisotopic (exact) mass is 368 g/mol. The second-order valence-corrected chi connectivity index (χ2v) is 6.57. The van der Waals surface area contributed by atoms with Gasteiger partial charge >= 0.3 is 0 Å². The first-order chi connectivity index (χ1) is 13.1. The van der Waals surface area contributed by atoms with E-state index in [-0.39, 0.29) is 24.3 Å². The fourth-order valence-corrected chi connectivity index (χ4v) is 3.07. The number of nitrogens with two attached hydrogens (primary N) is 1. The molecule has 142 valence electrons.